The molecule has 4 atom stereocenters. The molecule has 0 aromatic rings. The van der Waals surface area contributed by atoms with E-state index in [1.165, 1.54) is 30.4 Å². The molecular weight excluding hydrogens is 278 g/mol. The molecule has 2 N–H and O–H groups in total. The van der Waals surface area contributed by atoms with Gasteiger partial charge in [-0.25, -0.2) is 0 Å². The molecule has 0 radical (unpaired) electrons. The SMILES string of the molecule is CC(C)=C1[C@H]2CC[C@H]1[C@H](C(=O)NC1CCCCC1)[C@H]2C(=O)O. The molecule has 0 aliphatic heterocycles. The molecule has 3 rings (SSSR count). The third kappa shape index (κ3) is 2.57. The zero-order valence-electron chi connectivity index (χ0n) is 13.6. The lowest BCUT2D eigenvalue weighted by Crippen LogP contribution is -2.45. The number of nitrogens with one attached hydrogen (secondary N) is 1. The highest BCUT2D eigenvalue weighted by molar-refractivity contribution is 5.87. The van der Waals surface area contributed by atoms with Crippen LogP contribution < -0.4 is 5.32 Å². The quantitative estimate of drug-likeness (QED) is 0.787. The van der Waals surface area contributed by atoms with Crippen LogP contribution in [0.1, 0.15) is 58.8 Å². The van der Waals surface area contributed by atoms with E-state index in [9.17, 15) is 14.7 Å². The topological polar surface area (TPSA) is 66.4 Å². The summed E-state index contributed by atoms with van der Waals surface area (Å²) in [7, 11) is 0. The van der Waals surface area contributed by atoms with E-state index in [4.69, 9.17) is 0 Å². The van der Waals surface area contributed by atoms with E-state index in [1.54, 1.807) is 0 Å². The molecule has 22 heavy (non-hydrogen) atoms. The second kappa shape index (κ2) is 6.05. The molecule has 3 aliphatic rings. The molecule has 4 nitrogen and oxygen atoms in total. The molecule has 4 heteroatoms. The van der Waals surface area contributed by atoms with Crippen LogP contribution in [0.2, 0.25) is 0 Å². The van der Waals surface area contributed by atoms with E-state index in [0.717, 1.165) is 25.7 Å². The Bertz CT molecular complexity index is 500. The Morgan fingerprint density at radius 3 is 2.09 bits per heavy atom. The van der Waals surface area contributed by atoms with Crippen LogP contribution in [0.3, 0.4) is 0 Å². The van der Waals surface area contributed by atoms with Crippen LogP contribution in [-0.2, 0) is 9.59 Å². The van der Waals surface area contributed by atoms with Crippen molar-refractivity contribution in [2.45, 2.75) is 64.8 Å². The number of carboxylic acids is 1. The lowest BCUT2D eigenvalue weighted by molar-refractivity contribution is -0.149. The Kier molecular flexibility index (Phi) is 4.28. The first-order valence-corrected chi connectivity index (χ1v) is 8.71. The van der Waals surface area contributed by atoms with Crippen molar-refractivity contribution >= 4 is 11.9 Å². The molecular formula is C18H27NO3. The van der Waals surface area contributed by atoms with Gasteiger partial charge in [-0.2, -0.15) is 0 Å². The predicted octanol–water partition coefficient (Wildman–Crippen LogP) is 3.13. The van der Waals surface area contributed by atoms with E-state index < -0.39 is 11.9 Å². The fourth-order valence-electron chi connectivity index (χ4n) is 5.15. The third-order valence-corrected chi connectivity index (χ3v) is 5.96. The van der Waals surface area contributed by atoms with Crippen molar-refractivity contribution in [1.29, 1.82) is 0 Å². The minimum absolute atomic E-state index is 0.00903. The van der Waals surface area contributed by atoms with Gasteiger partial charge in [0.15, 0.2) is 0 Å². The first kappa shape index (κ1) is 15.6. The largest absolute Gasteiger partial charge is 0.481 e. The molecule has 0 unspecified atom stereocenters. The summed E-state index contributed by atoms with van der Waals surface area (Å²) in [6.45, 7) is 4.11. The maximum absolute atomic E-state index is 12.8. The van der Waals surface area contributed by atoms with Crippen molar-refractivity contribution in [1.82, 2.24) is 5.32 Å². The van der Waals surface area contributed by atoms with Gasteiger partial charge in [0.05, 0.1) is 11.8 Å². The van der Waals surface area contributed by atoms with Crippen molar-refractivity contribution < 1.29 is 14.7 Å². The van der Waals surface area contributed by atoms with Crippen LogP contribution in [-0.4, -0.2) is 23.0 Å². The van der Waals surface area contributed by atoms with E-state index in [1.807, 2.05) is 0 Å². The molecule has 122 valence electrons. The highest BCUT2D eigenvalue weighted by Gasteiger charge is 2.57. The molecule has 0 aromatic carbocycles. The maximum atomic E-state index is 12.8. The van der Waals surface area contributed by atoms with Gasteiger partial charge in [-0.1, -0.05) is 30.4 Å². The minimum Gasteiger partial charge on any atom is -0.481 e. The van der Waals surface area contributed by atoms with Crippen molar-refractivity contribution in [3.8, 4) is 0 Å². The van der Waals surface area contributed by atoms with Gasteiger partial charge >= 0.3 is 5.97 Å². The fraction of sp³-hybridized carbons (Fsp3) is 0.778. The summed E-state index contributed by atoms with van der Waals surface area (Å²) in [4.78, 5) is 24.6. The molecule has 3 saturated carbocycles. The smallest absolute Gasteiger partial charge is 0.307 e. The monoisotopic (exact) mass is 305 g/mol. The number of hydrogen-bond acceptors (Lipinski definition) is 2. The molecule has 3 aliphatic carbocycles. The average Bonchev–Trinajstić information content (AvgIpc) is 3.03. The Balaban J connectivity index is 1.80. The van der Waals surface area contributed by atoms with Gasteiger partial charge < -0.3 is 10.4 Å². The van der Waals surface area contributed by atoms with Crippen LogP contribution in [0.5, 0.6) is 0 Å². The predicted molar refractivity (Wildman–Crippen MR) is 84.2 cm³/mol. The van der Waals surface area contributed by atoms with Crippen molar-refractivity contribution in [2.24, 2.45) is 23.7 Å². The summed E-state index contributed by atoms with van der Waals surface area (Å²) in [5.41, 5.74) is 2.47. The molecule has 2 bridgehead atoms. The number of hydrogen-bond donors (Lipinski definition) is 2. The van der Waals surface area contributed by atoms with Crippen LogP contribution in [0, 0.1) is 23.7 Å². The number of rotatable bonds is 3. The van der Waals surface area contributed by atoms with Crippen LogP contribution in [0.4, 0.5) is 0 Å². The summed E-state index contributed by atoms with van der Waals surface area (Å²) >= 11 is 0. The van der Waals surface area contributed by atoms with E-state index in [-0.39, 0.29) is 29.7 Å². The fourth-order valence-corrected chi connectivity index (χ4v) is 5.15. The molecule has 1 amide bonds. The van der Waals surface area contributed by atoms with Gasteiger partial charge in [0.1, 0.15) is 0 Å². The maximum Gasteiger partial charge on any atom is 0.307 e. The Labute approximate surface area is 132 Å². The molecule has 0 spiro atoms. The first-order valence-electron chi connectivity index (χ1n) is 8.71. The lowest BCUT2D eigenvalue weighted by atomic mass is 9.78. The number of amides is 1. The Morgan fingerprint density at radius 2 is 1.55 bits per heavy atom. The standard InChI is InChI=1S/C18H27NO3/c1-10(2)14-12-8-9-13(14)16(18(21)22)15(12)17(20)19-11-6-4-3-5-7-11/h11-13,15-16H,3-9H2,1-2H3,(H,19,20)(H,21,22)/t12-,13-,15+,16+/m1/s1. The van der Waals surface area contributed by atoms with Crippen LogP contribution in [0.15, 0.2) is 11.1 Å². The van der Waals surface area contributed by atoms with Crippen molar-refractivity contribution in [3.63, 3.8) is 0 Å². The number of fused-ring (bicyclic) bond motifs is 2. The second-order valence-electron chi connectivity index (χ2n) is 7.48. The number of allylic oxidation sites excluding steroid dienone is 2. The summed E-state index contributed by atoms with van der Waals surface area (Å²) in [5, 5.41) is 12.8. The zero-order valence-corrected chi connectivity index (χ0v) is 13.6. The summed E-state index contributed by atoms with van der Waals surface area (Å²) in [6.07, 6.45) is 7.57. The number of carbonyl (C=O) groups excluding carboxylic acids is 1. The van der Waals surface area contributed by atoms with Crippen molar-refractivity contribution in [3.05, 3.63) is 11.1 Å². The lowest BCUT2D eigenvalue weighted by Gasteiger charge is -2.30. The summed E-state index contributed by atoms with van der Waals surface area (Å²) in [5.74, 6) is -1.45. The minimum atomic E-state index is -0.797. The van der Waals surface area contributed by atoms with Gasteiger partial charge in [0.25, 0.3) is 0 Å². The zero-order chi connectivity index (χ0) is 15.9. The van der Waals surface area contributed by atoms with Crippen LogP contribution >= 0.6 is 0 Å². The Hall–Kier alpha value is -1.32. The molecule has 0 saturated heterocycles. The second-order valence-corrected chi connectivity index (χ2v) is 7.48. The summed E-state index contributed by atoms with van der Waals surface area (Å²) in [6, 6.07) is 0.255. The first-order chi connectivity index (χ1) is 10.5. The highest BCUT2D eigenvalue weighted by atomic mass is 16.4. The summed E-state index contributed by atoms with van der Waals surface area (Å²) < 4.78 is 0. The van der Waals surface area contributed by atoms with E-state index >= 15 is 0 Å². The highest BCUT2D eigenvalue weighted by Crippen LogP contribution is 2.57. The number of aliphatic carboxylic acids is 1. The van der Waals surface area contributed by atoms with Gasteiger partial charge in [-0.3, -0.25) is 9.59 Å². The molecule has 0 heterocycles. The van der Waals surface area contributed by atoms with Gasteiger partial charge in [-0.15, -0.1) is 0 Å². The average molecular weight is 305 g/mol. The van der Waals surface area contributed by atoms with E-state index in [0.29, 0.717) is 0 Å². The number of carboxylic acid groups (broad SMARTS) is 1. The normalized spacial score (nSPS) is 34.7. The third-order valence-electron chi connectivity index (χ3n) is 5.96. The van der Waals surface area contributed by atoms with E-state index in [2.05, 4.69) is 19.2 Å². The molecule has 0 aromatic heterocycles. The Morgan fingerprint density at radius 1 is 0.955 bits per heavy atom. The van der Waals surface area contributed by atoms with Crippen LogP contribution in [0.25, 0.3) is 0 Å². The number of carbonyl (C=O) groups is 2. The van der Waals surface area contributed by atoms with Gasteiger partial charge in [-0.05, 0) is 51.4 Å². The van der Waals surface area contributed by atoms with Gasteiger partial charge in [0.2, 0.25) is 5.91 Å². The van der Waals surface area contributed by atoms with Gasteiger partial charge in [0, 0.05) is 6.04 Å². The van der Waals surface area contributed by atoms with Crippen molar-refractivity contribution in [2.75, 3.05) is 0 Å². The molecule has 3 fully saturated rings.